The van der Waals surface area contributed by atoms with Crippen LogP contribution < -0.4 is 5.73 Å². The molecule has 1 aromatic rings. The van der Waals surface area contributed by atoms with Gasteiger partial charge in [0, 0.05) is 38.1 Å². The lowest BCUT2D eigenvalue weighted by molar-refractivity contribution is -0.144. The first-order chi connectivity index (χ1) is 8.63. The number of nitrogens with two attached hydrogens (primary N) is 1. The molecule has 0 radical (unpaired) electrons. The maximum Gasteiger partial charge on any atom is 0.241 e. The molecule has 18 heavy (non-hydrogen) atoms. The highest BCUT2D eigenvalue weighted by molar-refractivity contribution is 5.83. The Kier molecular flexibility index (Phi) is 3.93. The Morgan fingerprint density at radius 3 is 2.94 bits per heavy atom. The highest BCUT2D eigenvalue weighted by Crippen LogP contribution is 2.17. The summed E-state index contributed by atoms with van der Waals surface area (Å²) < 4.78 is 0. The predicted octanol–water partition coefficient (Wildman–Crippen LogP) is 0.0714. The lowest BCUT2D eigenvalue weighted by Gasteiger charge is -2.42. The summed E-state index contributed by atoms with van der Waals surface area (Å²) in [6.45, 7) is 3.90. The number of hydrogen-bond acceptors (Lipinski definition) is 4. The second-order valence-electron chi connectivity index (χ2n) is 4.87. The van der Waals surface area contributed by atoms with Crippen LogP contribution in [0.3, 0.4) is 0 Å². The van der Waals surface area contributed by atoms with E-state index in [4.69, 9.17) is 5.73 Å². The molecule has 1 amide bonds. The van der Waals surface area contributed by atoms with Crippen LogP contribution in [-0.4, -0.2) is 52.9 Å². The second kappa shape index (κ2) is 5.46. The number of pyridine rings is 1. The van der Waals surface area contributed by atoms with Gasteiger partial charge in [-0.3, -0.25) is 14.7 Å². The van der Waals surface area contributed by atoms with Crippen LogP contribution in [0.25, 0.3) is 0 Å². The van der Waals surface area contributed by atoms with Gasteiger partial charge in [-0.2, -0.15) is 0 Å². The van der Waals surface area contributed by atoms with E-state index in [1.54, 1.807) is 12.4 Å². The number of likely N-dealkylation sites (N-methyl/N-ethyl adjacent to an activating group) is 1. The lowest BCUT2D eigenvalue weighted by atomic mass is 10.1. The van der Waals surface area contributed by atoms with Crippen molar-refractivity contribution in [2.45, 2.75) is 25.6 Å². The normalized spacial score (nSPS) is 25.5. The van der Waals surface area contributed by atoms with Crippen LogP contribution in [0.5, 0.6) is 0 Å². The maximum absolute atomic E-state index is 12.4. The standard InChI is InChI=1S/C13H20N4O/c1-10-8-16(2)12(6-14)13(18)17(10)9-11-4-3-5-15-7-11/h3-5,7,10,12H,6,8-9,14H2,1-2H3. The number of carbonyl (C=O) groups excluding carboxylic acids is 1. The van der Waals surface area contributed by atoms with Crippen LogP contribution in [0.2, 0.25) is 0 Å². The third-order valence-corrected chi connectivity index (χ3v) is 3.48. The molecule has 1 fully saturated rings. The quantitative estimate of drug-likeness (QED) is 0.822. The summed E-state index contributed by atoms with van der Waals surface area (Å²) >= 11 is 0. The molecule has 0 aliphatic carbocycles. The molecule has 1 aliphatic heterocycles. The molecule has 1 saturated heterocycles. The molecule has 98 valence electrons. The Balaban J connectivity index is 2.13. The minimum Gasteiger partial charge on any atom is -0.333 e. The molecule has 0 bridgehead atoms. The van der Waals surface area contributed by atoms with E-state index >= 15 is 0 Å². The Morgan fingerprint density at radius 2 is 2.33 bits per heavy atom. The fourth-order valence-corrected chi connectivity index (χ4v) is 2.44. The van der Waals surface area contributed by atoms with Gasteiger partial charge in [-0.1, -0.05) is 6.07 Å². The van der Waals surface area contributed by atoms with Crippen molar-refractivity contribution in [2.24, 2.45) is 5.73 Å². The molecule has 2 heterocycles. The Morgan fingerprint density at radius 1 is 1.56 bits per heavy atom. The number of nitrogens with zero attached hydrogens (tertiary/aromatic N) is 3. The molecule has 2 rings (SSSR count). The topological polar surface area (TPSA) is 62.5 Å². The number of piperazine rings is 1. The summed E-state index contributed by atoms with van der Waals surface area (Å²) in [5, 5.41) is 0. The second-order valence-corrected chi connectivity index (χ2v) is 4.87. The summed E-state index contributed by atoms with van der Waals surface area (Å²) in [6.07, 6.45) is 3.54. The van der Waals surface area contributed by atoms with E-state index in [0.29, 0.717) is 13.1 Å². The monoisotopic (exact) mass is 248 g/mol. The summed E-state index contributed by atoms with van der Waals surface area (Å²) in [6, 6.07) is 3.88. The van der Waals surface area contributed by atoms with Gasteiger partial charge in [0.05, 0.1) is 0 Å². The van der Waals surface area contributed by atoms with E-state index in [9.17, 15) is 4.79 Å². The Hall–Kier alpha value is -1.46. The summed E-state index contributed by atoms with van der Waals surface area (Å²) in [4.78, 5) is 20.4. The van der Waals surface area contributed by atoms with Crippen LogP contribution in [0.4, 0.5) is 0 Å². The molecule has 0 spiro atoms. The van der Waals surface area contributed by atoms with Crippen LogP contribution in [0.1, 0.15) is 12.5 Å². The van der Waals surface area contributed by atoms with Gasteiger partial charge in [-0.05, 0) is 25.6 Å². The molecule has 1 aromatic heterocycles. The molecule has 2 N–H and O–H groups in total. The first-order valence-corrected chi connectivity index (χ1v) is 6.23. The van der Waals surface area contributed by atoms with Crippen molar-refractivity contribution in [3.63, 3.8) is 0 Å². The number of rotatable bonds is 3. The van der Waals surface area contributed by atoms with Crippen molar-refractivity contribution in [3.05, 3.63) is 30.1 Å². The van der Waals surface area contributed by atoms with E-state index < -0.39 is 0 Å². The van der Waals surface area contributed by atoms with E-state index in [1.807, 2.05) is 29.0 Å². The summed E-state index contributed by atoms with van der Waals surface area (Å²) in [7, 11) is 1.95. The van der Waals surface area contributed by atoms with Crippen molar-refractivity contribution in [2.75, 3.05) is 20.1 Å². The largest absolute Gasteiger partial charge is 0.333 e. The number of carbonyl (C=O) groups is 1. The SMILES string of the molecule is CC1CN(C)C(CN)C(=O)N1Cc1cccnc1. The van der Waals surface area contributed by atoms with Gasteiger partial charge in [0.1, 0.15) is 6.04 Å². The average Bonchev–Trinajstić information content (AvgIpc) is 2.36. The highest BCUT2D eigenvalue weighted by atomic mass is 16.2. The molecular weight excluding hydrogens is 228 g/mol. The van der Waals surface area contributed by atoms with Crippen molar-refractivity contribution < 1.29 is 4.79 Å². The van der Waals surface area contributed by atoms with Crippen LogP contribution in [-0.2, 0) is 11.3 Å². The van der Waals surface area contributed by atoms with Crippen molar-refractivity contribution >= 4 is 5.91 Å². The van der Waals surface area contributed by atoms with Crippen molar-refractivity contribution in [1.82, 2.24) is 14.8 Å². The zero-order valence-electron chi connectivity index (χ0n) is 10.9. The third-order valence-electron chi connectivity index (χ3n) is 3.48. The van der Waals surface area contributed by atoms with Crippen LogP contribution >= 0.6 is 0 Å². The molecule has 5 heteroatoms. The van der Waals surface area contributed by atoms with Gasteiger partial charge in [-0.25, -0.2) is 0 Å². The number of aromatic nitrogens is 1. The van der Waals surface area contributed by atoms with Crippen LogP contribution in [0.15, 0.2) is 24.5 Å². The number of amides is 1. The fraction of sp³-hybridized carbons (Fsp3) is 0.538. The maximum atomic E-state index is 12.4. The third kappa shape index (κ3) is 2.52. The predicted molar refractivity (Wildman–Crippen MR) is 69.7 cm³/mol. The van der Waals surface area contributed by atoms with Gasteiger partial charge in [0.25, 0.3) is 0 Å². The van der Waals surface area contributed by atoms with Crippen molar-refractivity contribution in [1.29, 1.82) is 0 Å². The van der Waals surface area contributed by atoms with E-state index in [2.05, 4.69) is 11.9 Å². The minimum atomic E-state index is -0.196. The van der Waals surface area contributed by atoms with Gasteiger partial charge in [0.15, 0.2) is 0 Å². The van der Waals surface area contributed by atoms with E-state index in [1.165, 1.54) is 0 Å². The molecule has 0 saturated carbocycles. The molecule has 1 aliphatic rings. The molecule has 0 aromatic carbocycles. The average molecular weight is 248 g/mol. The zero-order valence-corrected chi connectivity index (χ0v) is 10.9. The first kappa shape index (κ1) is 13.0. The highest BCUT2D eigenvalue weighted by Gasteiger charge is 2.35. The van der Waals surface area contributed by atoms with E-state index in [0.717, 1.165) is 12.1 Å². The number of hydrogen-bond donors (Lipinski definition) is 1. The van der Waals surface area contributed by atoms with Crippen LogP contribution in [0, 0.1) is 0 Å². The first-order valence-electron chi connectivity index (χ1n) is 6.23. The fourth-order valence-electron chi connectivity index (χ4n) is 2.44. The zero-order chi connectivity index (χ0) is 13.1. The van der Waals surface area contributed by atoms with Gasteiger partial charge in [-0.15, -0.1) is 0 Å². The summed E-state index contributed by atoms with van der Waals surface area (Å²) in [5.41, 5.74) is 6.74. The smallest absolute Gasteiger partial charge is 0.241 e. The van der Waals surface area contributed by atoms with E-state index in [-0.39, 0.29) is 18.0 Å². The summed E-state index contributed by atoms with van der Waals surface area (Å²) in [5.74, 6) is 0.114. The van der Waals surface area contributed by atoms with Crippen molar-refractivity contribution in [3.8, 4) is 0 Å². The Labute approximate surface area is 108 Å². The molecular formula is C13H20N4O. The van der Waals surface area contributed by atoms with Gasteiger partial charge < -0.3 is 10.6 Å². The molecule has 5 nitrogen and oxygen atoms in total. The minimum absolute atomic E-state index is 0.114. The lowest BCUT2D eigenvalue weighted by Crippen LogP contribution is -2.61. The Bertz CT molecular complexity index is 409. The molecule has 2 unspecified atom stereocenters. The van der Waals surface area contributed by atoms with Gasteiger partial charge >= 0.3 is 0 Å². The molecule has 2 atom stereocenters. The van der Waals surface area contributed by atoms with Gasteiger partial charge in [0.2, 0.25) is 5.91 Å².